The van der Waals surface area contributed by atoms with E-state index in [1.54, 1.807) is 35.2 Å². The highest BCUT2D eigenvalue weighted by Gasteiger charge is 2.47. The van der Waals surface area contributed by atoms with E-state index in [9.17, 15) is 14.4 Å². The second kappa shape index (κ2) is 7.18. The number of aromatic nitrogens is 1. The Morgan fingerprint density at radius 1 is 0.867 bits per heavy atom. The van der Waals surface area contributed by atoms with Crippen LogP contribution in [0.2, 0.25) is 0 Å². The average molecular weight is 400 g/mol. The standard InChI is InChI=1S/C23H20N4O3/c28-20(24-11-14-25-12-5-6-13-25)15-26-21-16-7-1-2-8-17(16)23(30)27(21)19-10-4-3-9-18(19)22(26)29/h1-10,12-13,21H,11,14-15H2,(H,24,28). The van der Waals surface area contributed by atoms with Crippen LogP contribution in [0.5, 0.6) is 0 Å². The van der Waals surface area contributed by atoms with Gasteiger partial charge in [0.15, 0.2) is 0 Å². The maximum atomic E-state index is 13.3. The highest BCUT2D eigenvalue weighted by Crippen LogP contribution is 2.44. The van der Waals surface area contributed by atoms with Crippen molar-refractivity contribution in [1.29, 1.82) is 0 Å². The van der Waals surface area contributed by atoms with Crippen LogP contribution in [0.3, 0.4) is 0 Å². The van der Waals surface area contributed by atoms with Crippen LogP contribution in [-0.4, -0.2) is 40.3 Å². The monoisotopic (exact) mass is 400 g/mol. The molecule has 1 N–H and O–H groups in total. The number of hydrogen-bond acceptors (Lipinski definition) is 3. The van der Waals surface area contributed by atoms with Crippen molar-refractivity contribution >= 4 is 23.4 Å². The van der Waals surface area contributed by atoms with Crippen molar-refractivity contribution in [2.45, 2.75) is 12.7 Å². The normalized spacial score (nSPS) is 16.9. The summed E-state index contributed by atoms with van der Waals surface area (Å²) in [5, 5.41) is 2.87. The van der Waals surface area contributed by atoms with Gasteiger partial charge in [0.1, 0.15) is 12.7 Å². The first-order chi connectivity index (χ1) is 14.6. The van der Waals surface area contributed by atoms with Crippen molar-refractivity contribution in [3.05, 3.63) is 89.7 Å². The fraction of sp³-hybridized carbons (Fsp3) is 0.174. The molecule has 1 aromatic heterocycles. The van der Waals surface area contributed by atoms with Gasteiger partial charge in [-0.3, -0.25) is 19.3 Å². The lowest BCUT2D eigenvalue weighted by atomic mass is 10.0. The molecule has 2 aliphatic heterocycles. The molecular weight excluding hydrogens is 380 g/mol. The van der Waals surface area contributed by atoms with E-state index in [1.165, 1.54) is 4.90 Å². The summed E-state index contributed by atoms with van der Waals surface area (Å²) in [5.41, 5.74) is 2.31. The number of anilines is 1. The van der Waals surface area contributed by atoms with E-state index in [2.05, 4.69) is 5.32 Å². The van der Waals surface area contributed by atoms with Crippen molar-refractivity contribution in [1.82, 2.24) is 14.8 Å². The van der Waals surface area contributed by atoms with Gasteiger partial charge in [0, 0.05) is 36.6 Å². The molecule has 0 spiro atoms. The minimum absolute atomic E-state index is 0.123. The lowest BCUT2D eigenvalue weighted by Gasteiger charge is -2.40. The molecule has 2 aliphatic rings. The maximum absolute atomic E-state index is 13.3. The quantitative estimate of drug-likeness (QED) is 0.715. The van der Waals surface area contributed by atoms with Crippen LogP contribution in [0.4, 0.5) is 5.69 Å². The molecule has 0 radical (unpaired) electrons. The van der Waals surface area contributed by atoms with Gasteiger partial charge in [-0.2, -0.15) is 0 Å². The average Bonchev–Trinajstić information content (AvgIpc) is 3.38. The summed E-state index contributed by atoms with van der Waals surface area (Å²) in [6, 6.07) is 18.2. The highest BCUT2D eigenvalue weighted by molar-refractivity contribution is 6.17. The number of hydrogen-bond donors (Lipinski definition) is 1. The van der Waals surface area contributed by atoms with Crippen LogP contribution < -0.4 is 10.2 Å². The molecule has 7 heteroatoms. The predicted molar refractivity (Wildman–Crippen MR) is 111 cm³/mol. The van der Waals surface area contributed by atoms with Crippen LogP contribution in [0.15, 0.2) is 73.1 Å². The summed E-state index contributed by atoms with van der Waals surface area (Å²) in [7, 11) is 0. The first kappa shape index (κ1) is 18.2. The van der Waals surface area contributed by atoms with E-state index in [4.69, 9.17) is 0 Å². The Morgan fingerprint density at radius 2 is 1.57 bits per heavy atom. The number of benzene rings is 2. The molecule has 150 valence electrons. The second-order valence-corrected chi connectivity index (χ2v) is 7.36. The second-order valence-electron chi connectivity index (χ2n) is 7.36. The molecule has 7 nitrogen and oxygen atoms in total. The van der Waals surface area contributed by atoms with Gasteiger partial charge in [0.2, 0.25) is 5.91 Å². The minimum Gasteiger partial charge on any atom is -0.353 e. The van der Waals surface area contributed by atoms with Crippen molar-refractivity contribution in [2.75, 3.05) is 18.0 Å². The smallest absolute Gasteiger partial charge is 0.260 e. The topological polar surface area (TPSA) is 74.7 Å². The Balaban J connectivity index is 1.43. The third kappa shape index (κ3) is 2.86. The Hall–Kier alpha value is -3.87. The van der Waals surface area contributed by atoms with Crippen LogP contribution in [0.25, 0.3) is 0 Å². The fourth-order valence-corrected chi connectivity index (χ4v) is 4.19. The van der Waals surface area contributed by atoms with E-state index >= 15 is 0 Å². The Bertz CT molecular complexity index is 1140. The molecule has 1 atom stereocenters. The van der Waals surface area contributed by atoms with Gasteiger partial charge in [-0.1, -0.05) is 30.3 Å². The van der Waals surface area contributed by atoms with E-state index in [1.807, 2.05) is 47.3 Å². The lowest BCUT2D eigenvalue weighted by molar-refractivity contribution is -0.122. The molecule has 0 fully saturated rings. The van der Waals surface area contributed by atoms with Crippen molar-refractivity contribution in [3.8, 4) is 0 Å². The molecule has 3 amide bonds. The first-order valence-electron chi connectivity index (χ1n) is 9.85. The number of carbonyl (C=O) groups excluding carboxylic acids is 3. The zero-order valence-electron chi connectivity index (χ0n) is 16.2. The predicted octanol–water partition coefficient (Wildman–Crippen LogP) is 2.42. The summed E-state index contributed by atoms with van der Waals surface area (Å²) in [4.78, 5) is 42.2. The Morgan fingerprint density at radius 3 is 2.37 bits per heavy atom. The SMILES string of the molecule is O=C(CN1C(=O)c2ccccc2N2C(=O)c3ccccc3C12)NCCn1cccc1. The number of para-hydroxylation sites is 1. The zero-order chi connectivity index (χ0) is 20.7. The molecule has 3 heterocycles. The number of rotatable bonds is 5. The zero-order valence-corrected chi connectivity index (χ0v) is 16.2. The number of carbonyl (C=O) groups is 3. The number of nitrogens with one attached hydrogen (secondary N) is 1. The molecule has 2 aromatic carbocycles. The molecule has 1 unspecified atom stereocenters. The van der Waals surface area contributed by atoms with Gasteiger partial charge in [-0.25, -0.2) is 0 Å². The molecule has 30 heavy (non-hydrogen) atoms. The molecule has 0 saturated carbocycles. The molecule has 3 aromatic rings. The van der Waals surface area contributed by atoms with Gasteiger partial charge in [0.05, 0.1) is 11.3 Å². The van der Waals surface area contributed by atoms with Crippen LogP contribution in [0, 0.1) is 0 Å². The molecule has 0 aliphatic carbocycles. The molecule has 0 saturated heterocycles. The van der Waals surface area contributed by atoms with E-state index in [0.717, 1.165) is 5.56 Å². The van der Waals surface area contributed by atoms with E-state index < -0.39 is 6.17 Å². The minimum atomic E-state index is -0.619. The Kier molecular flexibility index (Phi) is 4.35. The van der Waals surface area contributed by atoms with Crippen molar-refractivity contribution < 1.29 is 14.4 Å². The first-order valence-corrected chi connectivity index (χ1v) is 9.85. The summed E-state index contributed by atoms with van der Waals surface area (Å²) in [6.45, 7) is 0.976. The summed E-state index contributed by atoms with van der Waals surface area (Å²) < 4.78 is 1.97. The van der Waals surface area contributed by atoms with Crippen molar-refractivity contribution in [3.63, 3.8) is 0 Å². The fourth-order valence-electron chi connectivity index (χ4n) is 4.19. The van der Waals surface area contributed by atoms with Crippen molar-refractivity contribution in [2.24, 2.45) is 0 Å². The van der Waals surface area contributed by atoms with Gasteiger partial charge in [-0.15, -0.1) is 0 Å². The Labute approximate surface area is 173 Å². The molecule has 5 rings (SSSR count). The highest BCUT2D eigenvalue weighted by atomic mass is 16.2. The number of nitrogens with zero attached hydrogens (tertiary/aromatic N) is 3. The summed E-state index contributed by atoms with van der Waals surface area (Å²) in [6.07, 6.45) is 3.23. The van der Waals surface area contributed by atoms with Crippen LogP contribution >= 0.6 is 0 Å². The van der Waals surface area contributed by atoms with E-state index in [0.29, 0.717) is 29.9 Å². The number of amides is 3. The van der Waals surface area contributed by atoms with Gasteiger partial charge in [-0.05, 0) is 30.3 Å². The van der Waals surface area contributed by atoms with Gasteiger partial charge >= 0.3 is 0 Å². The van der Waals surface area contributed by atoms with E-state index in [-0.39, 0.29) is 24.3 Å². The molecule has 0 bridgehead atoms. The largest absolute Gasteiger partial charge is 0.353 e. The molecular formula is C23H20N4O3. The number of fused-ring (bicyclic) bond motifs is 5. The third-order valence-electron chi connectivity index (χ3n) is 5.56. The summed E-state index contributed by atoms with van der Waals surface area (Å²) in [5.74, 6) is -0.669. The van der Waals surface area contributed by atoms with Crippen LogP contribution in [-0.2, 0) is 11.3 Å². The maximum Gasteiger partial charge on any atom is 0.260 e. The summed E-state index contributed by atoms with van der Waals surface area (Å²) >= 11 is 0. The van der Waals surface area contributed by atoms with Gasteiger partial charge < -0.3 is 14.8 Å². The van der Waals surface area contributed by atoms with Crippen LogP contribution in [0.1, 0.15) is 32.4 Å². The lowest BCUT2D eigenvalue weighted by Crippen LogP contribution is -2.51. The third-order valence-corrected chi connectivity index (χ3v) is 5.56. The van der Waals surface area contributed by atoms with Gasteiger partial charge in [0.25, 0.3) is 11.8 Å².